The van der Waals surface area contributed by atoms with Crippen LogP contribution in [-0.4, -0.2) is 30.3 Å². The molecule has 0 aliphatic heterocycles. The Morgan fingerprint density at radius 1 is 1.29 bits per heavy atom. The van der Waals surface area contributed by atoms with Crippen LogP contribution in [0.3, 0.4) is 0 Å². The number of carboxylic acids is 1. The lowest BCUT2D eigenvalue weighted by Crippen LogP contribution is -2.26. The highest BCUT2D eigenvalue weighted by molar-refractivity contribution is 5.89. The number of pyridine rings is 1. The molecule has 3 rings (SSSR count). The molecule has 0 radical (unpaired) electrons. The van der Waals surface area contributed by atoms with Gasteiger partial charge in [-0.25, -0.2) is 9.78 Å². The van der Waals surface area contributed by atoms with Crippen molar-refractivity contribution in [2.45, 2.75) is 20.0 Å². The van der Waals surface area contributed by atoms with E-state index >= 15 is 0 Å². The molecule has 2 N–H and O–H groups in total. The zero-order chi connectivity index (χ0) is 17.6. The maximum absolute atomic E-state index is 12.5. The van der Waals surface area contributed by atoms with E-state index in [1.165, 1.54) is 4.57 Å². The quantitative estimate of drug-likeness (QED) is 0.764. The normalized spacial score (nSPS) is 12.5. The van der Waals surface area contributed by atoms with E-state index in [9.17, 15) is 19.8 Å². The van der Waals surface area contributed by atoms with Crippen LogP contribution in [0.25, 0.3) is 16.7 Å². The van der Waals surface area contributed by atoms with Crippen LogP contribution < -0.4 is 5.56 Å². The van der Waals surface area contributed by atoms with E-state index < -0.39 is 17.6 Å². The lowest BCUT2D eigenvalue weighted by Gasteiger charge is -2.09. The van der Waals surface area contributed by atoms with Crippen molar-refractivity contribution in [2.24, 2.45) is 7.05 Å². The summed E-state index contributed by atoms with van der Waals surface area (Å²) in [4.78, 5) is 28.2. The number of imidazole rings is 1. The molecule has 0 amide bonds. The Hall–Kier alpha value is -2.93. The van der Waals surface area contributed by atoms with Crippen LogP contribution >= 0.6 is 0 Å². The first-order valence-electron chi connectivity index (χ1n) is 7.41. The second-order valence-electron chi connectivity index (χ2n) is 5.73. The Bertz CT molecular complexity index is 1010. The van der Waals surface area contributed by atoms with Crippen molar-refractivity contribution in [3.8, 4) is 5.69 Å². The molecule has 2 aromatic heterocycles. The Morgan fingerprint density at radius 3 is 2.62 bits per heavy atom. The van der Waals surface area contributed by atoms with Gasteiger partial charge in [0.2, 0.25) is 0 Å². The van der Waals surface area contributed by atoms with Gasteiger partial charge in [-0.1, -0.05) is 0 Å². The molecule has 0 fully saturated rings. The van der Waals surface area contributed by atoms with Crippen LogP contribution in [0.4, 0.5) is 0 Å². The van der Waals surface area contributed by atoms with Crippen LogP contribution in [0.5, 0.6) is 0 Å². The summed E-state index contributed by atoms with van der Waals surface area (Å²) in [6.45, 7) is 3.22. The van der Waals surface area contributed by atoms with Gasteiger partial charge in [-0.2, -0.15) is 0 Å². The number of nitrogens with zero attached hydrogens (tertiary/aromatic N) is 3. The van der Waals surface area contributed by atoms with Gasteiger partial charge < -0.3 is 14.8 Å². The maximum Gasteiger partial charge on any atom is 0.341 e. The van der Waals surface area contributed by atoms with Crippen LogP contribution in [0, 0.1) is 6.92 Å². The number of benzene rings is 1. The number of aliphatic hydroxyl groups is 1. The molecule has 1 aromatic carbocycles. The molecule has 0 aliphatic carbocycles. The number of fused-ring (bicyclic) bond motifs is 1. The number of aryl methyl sites for hydroxylation is 2. The largest absolute Gasteiger partial charge is 0.477 e. The summed E-state index contributed by atoms with van der Waals surface area (Å²) in [7, 11) is 1.80. The highest BCUT2D eigenvalue weighted by Crippen LogP contribution is 2.22. The third kappa shape index (κ3) is 2.39. The molecule has 124 valence electrons. The fraction of sp³-hybridized carbons (Fsp3) is 0.235. The van der Waals surface area contributed by atoms with Crippen molar-refractivity contribution in [3.63, 3.8) is 0 Å². The predicted molar refractivity (Wildman–Crippen MR) is 88.6 cm³/mol. The van der Waals surface area contributed by atoms with E-state index in [2.05, 4.69) is 4.98 Å². The molecule has 2 heterocycles. The van der Waals surface area contributed by atoms with Crippen LogP contribution in [0.1, 0.15) is 34.8 Å². The minimum atomic E-state index is -1.25. The molecule has 7 heteroatoms. The Labute approximate surface area is 137 Å². The van der Waals surface area contributed by atoms with Crippen LogP contribution in [0.15, 0.2) is 35.3 Å². The second-order valence-corrected chi connectivity index (χ2v) is 5.73. The van der Waals surface area contributed by atoms with Gasteiger partial charge in [0, 0.05) is 13.2 Å². The van der Waals surface area contributed by atoms with Crippen molar-refractivity contribution < 1.29 is 15.0 Å². The van der Waals surface area contributed by atoms with Crippen molar-refractivity contribution >= 4 is 17.0 Å². The molecular weight excluding hydrogens is 310 g/mol. The standard InChI is InChI=1S/C17H17N3O4/c1-9-6-7-20(16(22)14(9)17(23)24)11-4-5-13-12(8-11)18-15(10(2)21)19(13)3/h4-8,10,21H,1-3H3,(H,23,24). The van der Waals surface area contributed by atoms with Crippen molar-refractivity contribution in [1.29, 1.82) is 0 Å². The molecule has 0 spiro atoms. The number of carboxylic acid groups (broad SMARTS) is 1. The summed E-state index contributed by atoms with van der Waals surface area (Å²) in [6, 6.07) is 6.80. The van der Waals surface area contributed by atoms with E-state index in [1.807, 2.05) is 0 Å². The highest BCUT2D eigenvalue weighted by Gasteiger charge is 2.17. The Kier molecular flexibility index (Phi) is 3.73. The van der Waals surface area contributed by atoms with E-state index in [0.29, 0.717) is 22.6 Å². The van der Waals surface area contributed by atoms with Crippen LogP contribution in [-0.2, 0) is 7.05 Å². The monoisotopic (exact) mass is 327 g/mol. The minimum Gasteiger partial charge on any atom is -0.477 e. The number of carbonyl (C=O) groups is 1. The smallest absolute Gasteiger partial charge is 0.341 e. The predicted octanol–water partition coefficient (Wildman–Crippen LogP) is 1.78. The van der Waals surface area contributed by atoms with E-state index in [4.69, 9.17) is 0 Å². The molecule has 24 heavy (non-hydrogen) atoms. The lowest BCUT2D eigenvalue weighted by molar-refractivity contribution is 0.0693. The molecule has 1 unspecified atom stereocenters. The zero-order valence-corrected chi connectivity index (χ0v) is 13.5. The van der Waals surface area contributed by atoms with Gasteiger partial charge in [-0.05, 0) is 43.7 Å². The number of aromatic nitrogens is 3. The van der Waals surface area contributed by atoms with Gasteiger partial charge in [0.05, 0.1) is 16.7 Å². The Balaban J connectivity index is 2.23. The lowest BCUT2D eigenvalue weighted by atomic mass is 10.1. The third-order valence-corrected chi connectivity index (χ3v) is 4.07. The van der Waals surface area contributed by atoms with Gasteiger partial charge in [-0.3, -0.25) is 9.36 Å². The number of rotatable bonds is 3. The van der Waals surface area contributed by atoms with Gasteiger partial charge >= 0.3 is 5.97 Å². The van der Waals surface area contributed by atoms with Crippen LogP contribution in [0.2, 0.25) is 0 Å². The number of hydrogen-bond acceptors (Lipinski definition) is 4. The van der Waals surface area contributed by atoms with E-state index in [1.54, 1.807) is 55.9 Å². The molecule has 0 bridgehead atoms. The van der Waals surface area contributed by atoms with E-state index in [0.717, 1.165) is 5.52 Å². The van der Waals surface area contributed by atoms with Crippen molar-refractivity contribution in [3.05, 3.63) is 57.8 Å². The minimum absolute atomic E-state index is 0.247. The number of aromatic carboxylic acids is 1. The SMILES string of the molecule is Cc1ccn(-c2ccc3c(c2)nc(C(C)O)n3C)c(=O)c1C(=O)O. The molecule has 3 aromatic rings. The molecular formula is C17H17N3O4. The first kappa shape index (κ1) is 15.9. The first-order chi connectivity index (χ1) is 11.3. The number of aliphatic hydroxyl groups excluding tert-OH is 1. The topological polar surface area (TPSA) is 97.4 Å². The molecule has 7 nitrogen and oxygen atoms in total. The summed E-state index contributed by atoms with van der Waals surface area (Å²) in [5.74, 6) is -0.730. The van der Waals surface area contributed by atoms with Gasteiger partial charge in [0.1, 0.15) is 17.5 Å². The molecule has 0 aliphatic rings. The van der Waals surface area contributed by atoms with Gasteiger partial charge in [0.15, 0.2) is 0 Å². The summed E-state index contributed by atoms with van der Waals surface area (Å²) in [6.07, 6.45) is 0.829. The first-order valence-corrected chi connectivity index (χ1v) is 7.41. The highest BCUT2D eigenvalue weighted by atomic mass is 16.4. The fourth-order valence-corrected chi connectivity index (χ4v) is 2.82. The third-order valence-electron chi connectivity index (χ3n) is 4.07. The average molecular weight is 327 g/mol. The summed E-state index contributed by atoms with van der Waals surface area (Å²) in [5, 5.41) is 19.0. The second kappa shape index (κ2) is 5.61. The van der Waals surface area contributed by atoms with Crippen molar-refractivity contribution in [2.75, 3.05) is 0 Å². The molecule has 0 saturated carbocycles. The zero-order valence-electron chi connectivity index (χ0n) is 13.5. The summed E-state index contributed by atoms with van der Waals surface area (Å²) >= 11 is 0. The van der Waals surface area contributed by atoms with Gasteiger partial charge in [0.25, 0.3) is 5.56 Å². The molecule has 0 saturated heterocycles. The molecule has 1 atom stereocenters. The Morgan fingerprint density at radius 2 is 2.00 bits per heavy atom. The fourth-order valence-electron chi connectivity index (χ4n) is 2.82. The van der Waals surface area contributed by atoms with Gasteiger partial charge in [-0.15, -0.1) is 0 Å². The summed E-state index contributed by atoms with van der Waals surface area (Å²) in [5.41, 5.74) is 1.53. The van der Waals surface area contributed by atoms with E-state index in [-0.39, 0.29) is 5.56 Å². The van der Waals surface area contributed by atoms with Crippen molar-refractivity contribution in [1.82, 2.24) is 14.1 Å². The average Bonchev–Trinajstić information content (AvgIpc) is 2.84. The maximum atomic E-state index is 12.5. The summed E-state index contributed by atoms with van der Waals surface area (Å²) < 4.78 is 3.07. The number of hydrogen-bond donors (Lipinski definition) is 2.